The van der Waals surface area contributed by atoms with Crippen LogP contribution in [0.1, 0.15) is 31.7 Å². The Labute approximate surface area is 152 Å². The Kier molecular flexibility index (Phi) is 5.37. The van der Waals surface area contributed by atoms with Crippen LogP contribution in [0.2, 0.25) is 0 Å². The van der Waals surface area contributed by atoms with Gasteiger partial charge in [0.05, 0.1) is 12.2 Å². The summed E-state index contributed by atoms with van der Waals surface area (Å²) >= 11 is 0. The molecule has 1 aliphatic heterocycles. The highest BCUT2D eigenvalue weighted by atomic mass is 16.5. The maximum atomic E-state index is 12.4. The Bertz CT molecular complexity index is 842. The van der Waals surface area contributed by atoms with Crippen molar-refractivity contribution in [3.63, 3.8) is 0 Å². The monoisotopic (exact) mass is 351 g/mol. The van der Waals surface area contributed by atoms with E-state index in [1.807, 2.05) is 54.6 Å². The van der Waals surface area contributed by atoms with Crippen LogP contribution in [0.5, 0.6) is 11.5 Å². The third kappa shape index (κ3) is 3.94. The van der Waals surface area contributed by atoms with E-state index in [1.165, 1.54) is 0 Å². The molecule has 0 aliphatic carbocycles. The number of allylic oxidation sites excluding steroid dienone is 1. The Morgan fingerprint density at radius 3 is 2.58 bits per heavy atom. The van der Waals surface area contributed by atoms with Gasteiger partial charge in [0.15, 0.2) is 0 Å². The average Bonchev–Trinajstić information content (AvgIpc) is 2.62. The number of carbonyl (C=O) groups is 2. The highest BCUT2D eigenvalue weighted by Crippen LogP contribution is 2.35. The Morgan fingerprint density at radius 2 is 1.85 bits per heavy atom. The van der Waals surface area contributed by atoms with Gasteiger partial charge in [0.25, 0.3) is 0 Å². The first-order valence-corrected chi connectivity index (χ1v) is 8.59. The lowest BCUT2D eigenvalue weighted by Gasteiger charge is -2.26. The minimum Gasteiger partial charge on any atom is -0.463 e. The van der Waals surface area contributed by atoms with Gasteiger partial charge >= 0.3 is 5.97 Å². The highest BCUT2D eigenvalue weighted by molar-refractivity contribution is 5.95. The van der Waals surface area contributed by atoms with Gasteiger partial charge in [-0.15, -0.1) is 0 Å². The molecule has 1 N–H and O–H groups in total. The smallest absolute Gasteiger partial charge is 0.336 e. The number of hydrogen-bond acceptors (Lipinski definition) is 4. The van der Waals surface area contributed by atoms with Gasteiger partial charge in [-0.2, -0.15) is 0 Å². The summed E-state index contributed by atoms with van der Waals surface area (Å²) in [5.41, 5.74) is 1.87. The van der Waals surface area contributed by atoms with Gasteiger partial charge in [0.2, 0.25) is 5.91 Å². The third-order valence-electron chi connectivity index (χ3n) is 4.20. The summed E-state index contributed by atoms with van der Waals surface area (Å²) < 4.78 is 11.1. The van der Waals surface area contributed by atoms with Gasteiger partial charge in [0.1, 0.15) is 11.5 Å². The molecule has 5 heteroatoms. The second-order valence-corrected chi connectivity index (χ2v) is 6.05. The number of rotatable bonds is 5. The first-order chi connectivity index (χ1) is 12.6. The van der Waals surface area contributed by atoms with Crippen molar-refractivity contribution in [3.8, 4) is 11.5 Å². The van der Waals surface area contributed by atoms with E-state index in [0.717, 1.165) is 11.3 Å². The van der Waals surface area contributed by atoms with Gasteiger partial charge in [-0.05, 0) is 43.7 Å². The zero-order valence-corrected chi connectivity index (χ0v) is 14.8. The van der Waals surface area contributed by atoms with Crippen LogP contribution in [0.3, 0.4) is 0 Å². The van der Waals surface area contributed by atoms with Crippen LogP contribution in [-0.2, 0) is 14.3 Å². The first kappa shape index (κ1) is 17.7. The van der Waals surface area contributed by atoms with Crippen molar-refractivity contribution in [2.45, 2.75) is 26.2 Å². The molecule has 26 heavy (non-hydrogen) atoms. The van der Waals surface area contributed by atoms with Crippen LogP contribution < -0.4 is 10.1 Å². The van der Waals surface area contributed by atoms with Crippen molar-refractivity contribution in [1.82, 2.24) is 5.32 Å². The van der Waals surface area contributed by atoms with Gasteiger partial charge in [-0.3, -0.25) is 4.79 Å². The third-order valence-corrected chi connectivity index (χ3v) is 4.20. The molecule has 1 heterocycles. The molecule has 1 aliphatic rings. The molecular formula is C21H21NO4. The lowest BCUT2D eigenvalue weighted by atomic mass is 9.84. The standard InChI is InChI=1S/C21H21NO4/c1-3-25-21(24)20-14(2)22-19(23)13-18(20)15-8-7-11-17(12-15)26-16-9-5-4-6-10-16/h4-12,18H,3,13H2,1-2H3,(H,22,23)/t18-/m0/s1. The van der Waals surface area contributed by atoms with Crippen LogP contribution in [0, 0.1) is 0 Å². The van der Waals surface area contributed by atoms with E-state index in [-0.39, 0.29) is 24.9 Å². The summed E-state index contributed by atoms with van der Waals surface area (Å²) in [5.74, 6) is 0.505. The lowest BCUT2D eigenvalue weighted by molar-refractivity contribution is -0.139. The van der Waals surface area contributed by atoms with E-state index in [1.54, 1.807) is 13.8 Å². The molecular weight excluding hydrogens is 330 g/mol. The van der Waals surface area contributed by atoms with Gasteiger partial charge in [-0.25, -0.2) is 4.79 Å². The fraction of sp³-hybridized carbons (Fsp3) is 0.238. The maximum absolute atomic E-state index is 12.4. The molecule has 5 nitrogen and oxygen atoms in total. The van der Waals surface area contributed by atoms with Crippen LogP contribution in [0.25, 0.3) is 0 Å². The van der Waals surface area contributed by atoms with E-state index < -0.39 is 5.97 Å². The van der Waals surface area contributed by atoms with Gasteiger partial charge in [-0.1, -0.05) is 30.3 Å². The summed E-state index contributed by atoms with van der Waals surface area (Å²) in [7, 11) is 0. The zero-order valence-electron chi connectivity index (χ0n) is 14.8. The van der Waals surface area contributed by atoms with E-state index in [4.69, 9.17) is 9.47 Å². The number of hydrogen-bond donors (Lipinski definition) is 1. The van der Waals surface area contributed by atoms with Crippen molar-refractivity contribution in [3.05, 3.63) is 71.4 Å². The van der Waals surface area contributed by atoms with Crippen LogP contribution in [-0.4, -0.2) is 18.5 Å². The molecule has 0 spiro atoms. The molecule has 0 aromatic heterocycles. The molecule has 1 amide bonds. The second kappa shape index (κ2) is 7.87. The van der Waals surface area contributed by atoms with Crippen molar-refractivity contribution >= 4 is 11.9 Å². The van der Waals surface area contributed by atoms with Gasteiger partial charge < -0.3 is 14.8 Å². The summed E-state index contributed by atoms with van der Waals surface area (Å²) in [6.45, 7) is 3.77. The molecule has 1 atom stereocenters. The van der Waals surface area contributed by atoms with Crippen molar-refractivity contribution in [1.29, 1.82) is 0 Å². The molecule has 2 aromatic carbocycles. The summed E-state index contributed by atoms with van der Waals surface area (Å²) in [4.78, 5) is 24.4. The van der Waals surface area contributed by atoms with Crippen LogP contribution in [0.15, 0.2) is 65.9 Å². The van der Waals surface area contributed by atoms with Gasteiger partial charge in [0, 0.05) is 18.0 Å². The number of carbonyl (C=O) groups excluding carboxylic acids is 2. The van der Waals surface area contributed by atoms with E-state index in [2.05, 4.69) is 5.32 Å². The maximum Gasteiger partial charge on any atom is 0.336 e. The quantitative estimate of drug-likeness (QED) is 0.829. The van der Waals surface area contributed by atoms with Crippen molar-refractivity contribution < 1.29 is 19.1 Å². The fourth-order valence-electron chi connectivity index (χ4n) is 3.08. The molecule has 0 bridgehead atoms. The number of para-hydroxylation sites is 1. The Morgan fingerprint density at radius 1 is 1.12 bits per heavy atom. The number of ether oxygens (including phenoxy) is 2. The SMILES string of the molecule is CCOC(=O)C1=C(C)NC(=O)C[C@H]1c1cccc(Oc2ccccc2)c1. The number of benzene rings is 2. The topological polar surface area (TPSA) is 64.6 Å². The Hall–Kier alpha value is -3.08. The molecule has 0 fully saturated rings. The number of nitrogens with one attached hydrogen (secondary N) is 1. The fourth-order valence-corrected chi connectivity index (χ4v) is 3.08. The van der Waals surface area contributed by atoms with E-state index >= 15 is 0 Å². The lowest BCUT2D eigenvalue weighted by Crippen LogP contribution is -2.34. The summed E-state index contributed by atoms with van der Waals surface area (Å²) in [5, 5.41) is 2.73. The predicted octanol–water partition coefficient (Wildman–Crippen LogP) is 3.92. The molecule has 0 saturated carbocycles. The average molecular weight is 351 g/mol. The normalized spacial score (nSPS) is 16.8. The Balaban J connectivity index is 1.93. The molecule has 134 valence electrons. The minimum atomic E-state index is -0.399. The van der Waals surface area contributed by atoms with Crippen molar-refractivity contribution in [2.75, 3.05) is 6.61 Å². The predicted molar refractivity (Wildman–Crippen MR) is 97.8 cm³/mol. The molecule has 0 unspecified atom stereocenters. The van der Waals surface area contributed by atoms with Crippen LogP contribution in [0.4, 0.5) is 0 Å². The number of esters is 1. The second-order valence-electron chi connectivity index (χ2n) is 6.05. The summed E-state index contributed by atoms with van der Waals surface area (Å²) in [6, 6.07) is 16.9. The highest BCUT2D eigenvalue weighted by Gasteiger charge is 2.32. The molecule has 2 aromatic rings. The first-order valence-electron chi connectivity index (χ1n) is 8.59. The molecule has 0 radical (unpaired) electrons. The molecule has 3 rings (SSSR count). The summed E-state index contributed by atoms with van der Waals surface area (Å²) in [6.07, 6.45) is 0.195. The van der Waals surface area contributed by atoms with Crippen LogP contribution >= 0.6 is 0 Å². The molecule has 0 saturated heterocycles. The van der Waals surface area contributed by atoms with E-state index in [9.17, 15) is 9.59 Å². The minimum absolute atomic E-state index is 0.116. The zero-order chi connectivity index (χ0) is 18.5. The number of amides is 1. The van der Waals surface area contributed by atoms with E-state index in [0.29, 0.717) is 17.0 Å². The largest absolute Gasteiger partial charge is 0.463 e. The van der Waals surface area contributed by atoms with Crippen molar-refractivity contribution in [2.24, 2.45) is 0 Å².